The second kappa shape index (κ2) is 5.81. The van der Waals surface area contributed by atoms with E-state index in [-0.39, 0.29) is 22.4 Å². The molecule has 0 saturated carbocycles. The third-order valence-electron chi connectivity index (χ3n) is 4.30. The van der Waals surface area contributed by atoms with E-state index in [1.165, 1.54) is 10.4 Å². The van der Waals surface area contributed by atoms with E-state index in [2.05, 4.69) is 11.4 Å². The van der Waals surface area contributed by atoms with E-state index in [4.69, 9.17) is 0 Å². The summed E-state index contributed by atoms with van der Waals surface area (Å²) in [7, 11) is -0.793. The smallest absolute Gasteiger partial charge is 0.240 e. The van der Waals surface area contributed by atoms with Gasteiger partial charge in [0.1, 0.15) is 5.25 Å². The van der Waals surface area contributed by atoms with Gasteiger partial charge in [0.15, 0.2) is 0 Å². The Hall–Kier alpha value is -0.330. The number of thioether (sulfide) groups is 1. The van der Waals surface area contributed by atoms with Gasteiger partial charge in [0.05, 0.1) is 5.25 Å². The first-order valence-electron chi connectivity index (χ1n) is 6.95. The highest BCUT2D eigenvalue weighted by Crippen LogP contribution is 2.41. The minimum atomic E-state index is -0.793. The monoisotopic (exact) mass is 329 g/mol. The van der Waals surface area contributed by atoms with Crippen molar-refractivity contribution in [1.82, 2.24) is 4.90 Å². The molecule has 3 nitrogen and oxygen atoms in total. The van der Waals surface area contributed by atoms with Gasteiger partial charge >= 0.3 is 0 Å². The maximum Gasteiger partial charge on any atom is 0.240 e. The molecular formula is C14H19NO2S3. The van der Waals surface area contributed by atoms with Crippen LogP contribution in [0.25, 0.3) is 0 Å². The quantitative estimate of drug-likeness (QED) is 0.794. The van der Waals surface area contributed by atoms with Gasteiger partial charge in [0.2, 0.25) is 5.91 Å². The molecule has 6 heteroatoms. The van der Waals surface area contributed by atoms with Crippen molar-refractivity contribution in [3.05, 3.63) is 21.9 Å². The Balaban J connectivity index is 1.82. The van der Waals surface area contributed by atoms with Crippen LogP contribution in [0.3, 0.4) is 0 Å². The number of hydrogen-bond donors (Lipinski definition) is 0. The van der Waals surface area contributed by atoms with E-state index in [1.807, 2.05) is 18.7 Å². The first kappa shape index (κ1) is 14.6. The molecule has 0 aliphatic carbocycles. The lowest BCUT2D eigenvalue weighted by molar-refractivity contribution is -0.132. The highest BCUT2D eigenvalue weighted by atomic mass is 32.2. The number of hydrogen-bond acceptors (Lipinski definition) is 4. The summed E-state index contributed by atoms with van der Waals surface area (Å²) in [6.07, 6.45) is 1.08. The van der Waals surface area contributed by atoms with Gasteiger partial charge in [-0.05, 0) is 43.0 Å². The van der Waals surface area contributed by atoms with Gasteiger partial charge in [-0.25, -0.2) is 0 Å². The standard InChI is InChI=1S/C14H19NO2S3/c1-9-10(2)20(17)8-5-15(9)14(16)13-11-3-6-18-12(11)4-7-19-13/h3,6,9-10,13H,4-5,7-8H2,1-2H3/t9-,10+,13+,20+/m1/s1. The van der Waals surface area contributed by atoms with Crippen LogP contribution in [0, 0.1) is 0 Å². The van der Waals surface area contributed by atoms with Gasteiger partial charge in [0, 0.05) is 34.0 Å². The van der Waals surface area contributed by atoms with E-state index in [9.17, 15) is 9.00 Å². The van der Waals surface area contributed by atoms with Gasteiger partial charge in [-0.1, -0.05) is 0 Å². The number of carbonyl (C=O) groups is 1. The predicted octanol–water partition coefficient (Wildman–Crippen LogP) is 2.45. The first-order chi connectivity index (χ1) is 9.59. The summed E-state index contributed by atoms with van der Waals surface area (Å²) in [5.41, 5.74) is 1.21. The van der Waals surface area contributed by atoms with Crippen LogP contribution in [0.2, 0.25) is 0 Å². The molecule has 20 heavy (non-hydrogen) atoms. The van der Waals surface area contributed by atoms with E-state index >= 15 is 0 Å². The second-order valence-electron chi connectivity index (χ2n) is 5.36. The SMILES string of the molecule is C[C@@H]1[C@H](C)[S@@](=O)CCN1C(=O)[C@H]1SCCc2sccc21. The highest BCUT2D eigenvalue weighted by Gasteiger charge is 2.38. The van der Waals surface area contributed by atoms with E-state index in [0.29, 0.717) is 12.3 Å². The predicted molar refractivity (Wildman–Crippen MR) is 86.9 cm³/mol. The Bertz CT molecular complexity index is 542. The van der Waals surface area contributed by atoms with Crippen molar-refractivity contribution in [2.75, 3.05) is 18.1 Å². The molecule has 0 spiro atoms. The van der Waals surface area contributed by atoms with Crippen molar-refractivity contribution >= 4 is 39.8 Å². The molecule has 1 aromatic rings. The lowest BCUT2D eigenvalue weighted by atomic mass is 10.1. The molecule has 0 aromatic carbocycles. The Morgan fingerprint density at radius 3 is 3.05 bits per heavy atom. The van der Waals surface area contributed by atoms with E-state index in [1.54, 1.807) is 23.1 Å². The minimum Gasteiger partial charge on any atom is -0.337 e. The molecule has 0 N–H and O–H groups in total. The third kappa shape index (κ3) is 2.46. The maximum atomic E-state index is 12.9. The average Bonchev–Trinajstić information content (AvgIpc) is 2.92. The van der Waals surface area contributed by atoms with Crippen molar-refractivity contribution in [3.63, 3.8) is 0 Å². The molecule has 1 aromatic heterocycles. The Morgan fingerprint density at radius 2 is 2.25 bits per heavy atom. The van der Waals surface area contributed by atoms with E-state index < -0.39 is 10.8 Å². The fourth-order valence-corrected chi connectivity index (χ4v) is 6.56. The summed E-state index contributed by atoms with van der Waals surface area (Å²) in [5.74, 6) is 1.85. The van der Waals surface area contributed by atoms with Crippen LogP contribution in [0.4, 0.5) is 0 Å². The summed E-state index contributed by atoms with van der Waals surface area (Å²) < 4.78 is 11.9. The highest BCUT2D eigenvalue weighted by molar-refractivity contribution is 8.00. The van der Waals surface area contributed by atoms with Gasteiger partial charge in [-0.2, -0.15) is 0 Å². The van der Waals surface area contributed by atoms with Crippen LogP contribution in [-0.4, -0.2) is 44.4 Å². The molecular weight excluding hydrogens is 310 g/mol. The molecule has 3 rings (SSSR count). The van der Waals surface area contributed by atoms with Gasteiger partial charge in [-0.3, -0.25) is 9.00 Å². The summed E-state index contributed by atoms with van der Waals surface area (Å²) >= 11 is 3.52. The number of rotatable bonds is 1. The first-order valence-corrected chi connectivity index (χ1v) is 10.3. The molecule has 110 valence electrons. The zero-order chi connectivity index (χ0) is 14.3. The molecule has 1 fully saturated rings. The molecule has 1 amide bonds. The largest absolute Gasteiger partial charge is 0.337 e. The van der Waals surface area contributed by atoms with Crippen LogP contribution in [-0.2, 0) is 22.0 Å². The van der Waals surface area contributed by atoms with Crippen LogP contribution < -0.4 is 0 Å². The van der Waals surface area contributed by atoms with E-state index in [0.717, 1.165) is 12.2 Å². The third-order valence-corrected chi connectivity index (χ3v) is 8.34. The number of aryl methyl sites for hydroxylation is 1. The lowest BCUT2D eigenvalue weighted by Crippen LogP contribution is -2.53. The normalized spacial score (nSPS) is 33.8. The van der Waals surface area contributed by atoms with Crippen molar-refractivity contribution in [3.8, 4) is 0 Å². The molecule has 0 radical (unpaired) electrons. The fourth-order valence-electron chi connectivity index (χ4n) is 2.86. The van der Waals surface area contributed by atoms with Crippen LogP contribution >= 0.6 is 23.1 Å². The van der Waals surface area contributed by atoms with Gasteiger partial charge in [-0.15, -0.1) is 23.1 Å². The zero-order valence-corrected chi connectivity index (χ0v) is 14.2. The average molecular weight is 330 g/mol. The van der Waals surface area contributed by atoms with Gasteiger partial charge < -0.3 is 4.90 Å². The number of carbonyl (C=O) groups excluding carboxylic acids is 1. The Kier molecular flexibility index (Phi) is 4.24. The summed E-state index contributed by atoms with van der Waals surface area (Å²) in [6.45, 7) is 4.65. The molecule has 4 atom stereocenters. The molecule has 1 saturated heterocycles. The second-order valence-corrected chi connectivity index (χ2v) is 9.49. The number of fused-ring (bicyclic) bond motifs is 1. The van der Waals surface area contributed by atoms with Gasteiger partial charge in [0.25, 0.3) is 0 Å². The number of thiophene rings is 1. The minimum absolute atomic E-state index is 0.0498. The lowest BCUT2D eigenvalue weighted by Gasteiger charge is -2.39. The van der Waals surface area contributed by atoms with Crippen LogP contribution in [0.1, 0.15) is 29.5 Å². The molecule has 0 unspecified atom stereocenters. The zero-order valence-electron chi connectivity index (χ0n) is 11.7. The Labute approximate surface area is 130 Å². The molecule has 0 bridgehead atoms. The van der Waals surface area contributed by atoms with Crippen molar-refractivity contribution in [2.45, 2.75) is 36.8 Å². The fraction of sp³-hybridized carbons (Fsp3) is 0.643. The topological polar surface area (TPSA) is 37.4 Å². The summed E-state index contributed by atoms with van der Waals surface area (Å²) in [5, 5.41) is 2.11. The summed E-state index contributed by atoms with van der Waals surface area (Å²) in [6, 6.07) is 2.17. The molecule has 3 heterocycles. The molecule has 2 aliphatic rings. The Morgan fingerprint density at radius 1 is 1.45 bits per heavy atom. The van der Waals surface area contributed by atoms with Crippen molar-refractivity contribution in [2.24, 2.45) is 0 Å². The van der Waals surface area contributed by atoms with Crippen molar-refractivity contribution < 1.29 is 9.00 Å². The van der Waals surface area contributed by atoms with Crippen LogP contribution in [0.15, 0.2) is 11.4 Å². The summed E-state index contributed by atoms with van der Waals surface area (Å²) in [4.78, 5) is 16.2. The number of amides is 1. The van der Waals surface area contributed by atoms with Crippen molar-refractivity contribution in [1.29, 1.82) is 0 Å². The molecule has 2 aliphatic heterocycles. The maximum absolute atomic E-state index is 12.9. The van der Waals surface area contributed by atoms with Crippen LogP contribution in [0.5, 0.6) is 0 Å². The number of nitrogens with zero attached hydrogens (tertiary/aromatic N) is 1.